The molecule has 0 spiro atoms. The number of aliphatic carboxylic acids is 1. The van der Waals surface area contributed by atoms with Crippen LogP contribution in [-0.2, 0) is 19.1 Å². The van der Waals surface area contributed by atoms with Gasteiger partial charge in [0.15, 0.2) is 6.04 Å². The van der Waals surface area contributed by atoms with E-state index in [0.717, 1.165) is 0 Å². The highest BCUT2D eigenvalue weighted by Gasteiger charge is 2.38. The molecule has 2 atom stereocenters. The molecule has 1 fully saturated rings. The molecule has 7 nitrogen and oxygen atoms in total. The van der Waals surface area contributed by atoms with Gasteiger partial charge in [0.25, 0.3) is 0 Å². The molecule has 0 bridgehead atoms. The normalized spacial score (nSPS) is 18.0. The third-order valence-corrected chi connectivity index (χ3v) is 3.80. The maximum atomic E-state index is 13.0. The zero-order valence-corrected chi connectivity index (χ0v) is 13.5. The lowest BCUT2D eigenvalue weighted by atomic mass is 10.1. The molecule has 1 aliphatic rings. The molecule has 1 heterocycles. The standard InChI is InChI=1S/C17H19FN2O5/c1-2-9-25-10-14(17(23)24)19-15(21)13-7-8-20(16(13)22)12-5-3-11(18)4-6-12/h2-6,13-14H,1,7-10H2,(H,19,21)(H,23,24). The van der Waals surface area contributed by atoms with Gasteiger partial charge in [-0.15, -0.1) is 6.58 Å². The van der Waals surface area contributed by atoms with Crippen LogP contribution in [-0.4, -0.2) is 48.7 Å². The van der Waals surface area contributed by atoms with Crippen molar-refractivity contribution in [2.24, 2.45) is 5.92 Å². The molecule has 0 aliphatic carbocycles. The summed E-state index contributed by atoms with van der Waals surface area (Å²) in [6.45, 7) is 3.67. The van der Waals surface area contributed by atoms with E-state index in [-0.39, 0.29) is 19.6 Å². The molecule has 2 amide bonds. The molecule has 1 aromatic rings. The van der Waals surface area contributed by atoms with Crippen LogP contribution in [0.4, 0.5) is 10.1 Å². The summed E-state index contributed by atoms with van der Waals surface area (Å²) in [4.78, 5) is 37.3. The summed E-state index contributed by atoms with van der Waals surface area (Å²) in [5, 5.41) is 11.5. The predicted octanol–water partition coefficient (Wildman–Crippen LogP) is 0.951. The van der Waals surface area contributed by atoms with E-state index in [2.05, 4.69) is 11.9 Å². The van der Waals surface area contributed by atoms with Crippen LogP contribution >= 0.6 is 0 Å². The summed E-state index contributed by atoms with van der Waals surface area (Å²) in [5.74, 6) is -3.76. The monoisotopic (exact) mass is 350 g/mol. The number of nitrogens with one attached hydrogen (secondary N) is 1. The first-order valence-electron chi connectivity index (χ1n) is 7.72. The fraction of sp³-hybridized carbons (Fsp3) is 0.353. The fourth-order valence-electron chi connectivity index (χ4n) is 2.52. The lowest BCUT2D eigenvalue weighted by Crippen LogP contribution is -2.47. The number of anilines is 1. The molecular weight excluding hydrogens is 331 g/mol. The van der Waals surface area contributed by atoms with Crippen LogP contribution in [0.3, 0.4) is 0 Å². The van der Waals surface area contributed by atoms with Gasteiger partial charge in [-0.05, 0) is 30.7 Å². The zero-order chi connectivity index (χ0) is 18.4. The number of carboxylic acids is 1. The molecule has 0 radical (unpaired) electrons. The third-order valence-electron chi connectivity index (χ3n) is 3.80. The van der Waals surface area contributed by atoms with Gasteiger partial charge in [0.1, 0.15) is 11.7 Å². The van der Waals surface area contributed by atoms with Crippen LogP contribution in [0.2, 0.25) is 0 Å². The van der Waals surface area contributed by atoms with Gasteiger partial charge in [-0.25, -0.2) is 9.18 Å². The number of amides is 2. The Kier molecular flexibility index (Phi) is 6.24. The number of benzene rings is 1. The van der Waals surface area contributed by atoms with E-state index >= 15 is 0 Å². The molecule has 1 aliphatic heterocycles. The number of nitrogens with zero attached hydrogens (tertiary/aromatic N) is 1. The van der Waals surface area contributed by atoms with Gasteiger partial charge < -0.3 is 20.1 Å². The highest BCUT2D eigenvalue weighted by Crippen LogP contribution is 2.25. The van der Waals surface area contributed by atoms with Crippen molar-refractivity contribution >= 4 is 23.5 Å². The molecule has 1 saturated heterocycles. The SMILES string of the molecule is C=CCOCC(NC(=O)C1CCN(c2ccc(F)cc2)C1=O)C(=O)O. The molecular formula is C17H19FN2O5. The van der Waals surface area contributed by atoms with Crippen molar-refractivity contribution in [1.82, 2.24) is 5.32 Å². The summed E-state index contributed by atoms with van der Waals surface area (Å²) in [7, 11) is 0. The summed E-state index contributed by atoms with van der Waals surface area (Å²) in [5.41, 5.74) is 0.491. The summed E-state index contributed by atoms with van der Waals surface area (Å²) < 4.78 is 18.0. The fourth-order valence-corrected chi connectivity index (χ4v) is 2.52. The first-order valence-corrected chi connectivity index (χ1v) is 7.72. The number of carbonyl (C=O) groups is 3. The minimum Gasteiger partial charge on any atom is -0.480 e. The molecule has 0 saturated carbocycles. The largest absolute Gasteiger partial charge is 0.480 e. The van der Waals surface area contributed by atoms with Crippen molar-refractivity contribution in [3.63, 3.8) is 0 Å². The molecule has 2 rings (SSSR count). The number of carbonyl (C=O) groups excluding carboxylic acids is 2. The Hall–Kier alpha value is -2.74. The Bertz CT molecular complexity index is 662. The van der Waals surface area contributed by atoms with Crippen molar-refractivity contribution in [2.45, 2.75) is 12.5 Å². The van der Waals surface area contributed by atoms with Gasteiger partial charge >= 0.3 is 5.97 Å². The van der Waals surface area contributed by atoms with Gasteiger partial charge in [0.2, 0.25) is 11.8 Å². The van der Waals surface area contributed by atoms with Crippen molar-refractivity contribution in [3.8, 4) is 0 Å². The van der Waals surface area contributed by atoms with E-state index in [1.54, 1.807) is 0 Å². The molecule has 2 N–H and O–H groups in total. The van der Waals surface area contributed by atoms with E-state index in [1.807, 2.05) is 0 Å². The highest BCUT2D eigenvalue weighted by atomic mass is 19.1. The second-order valence-corrected chi connectivity index (χ2v) is 5.53. The number of carboxylic acid groups (broad SMARTS) is 1. The van der Waals surface area contributed by atoms with E-state index in [1.165, 1.54) is 35.2 Å². The van der Waals surface area contributed by atoms with E-state index in [9.17, 15) is 18.8 Å². The average Bonchev–Trinajstić information content (AvgIpc) is 2.96. The topological polar surface area (TPSA) is 95.9 Å². The van der Waals surface area contributed by atoms with Crippen LogP contribution in [0, 0.1) is 11.7 Å². The second-order valence-electron chi connectivity index (χ2n) is 5.53. The minimum absolute atomic E-state index is 0.153. The van der Waals surface area contributed by atoms with Gasteiger partial charge in [-0.3, -0.25) is 9.59 Å². The summed E-state index contributed by atoms with van der Waals surface area (Å²) in [6.07, 6.45) is 1.71. The Morgan fingerprint density at radius 2 is 2.12 bits per heavy atom. The van der Waals surface area contributed by atoms with Crippen LogP contribution in [0.5, 0.6) is 0 Å². The van der Waals surface area contributed by atoms with Crippen LogP contribution in [0.1, 0.15) is 6.42 Å². The molecule has 8 heteroatoms. The predicted molar refractivity (Wildman–Crippen MR) is 87.4 cm³/mol. The van der Waals surface area contributed by atoms with Gasteiger partial charge in [-0.1, -0.05) is 6.08 Å². The van der Waals surface area contributed by atoms with Crippen LogP contribution in [0.15, 0.2) is 36.9 Å². The Balaban J connectivity index is 1.99. The Morgan fingerprint density at radius 3 is 2.72 bits per heavy atom. The van der Waals surface area contributed by atoms with Crippen molar-refractivity contribution < 1.29 is 28.6 Å². The third kappa shape index (κ3) is 4.63. The molecule has 25 heavy (non-hydrogen) atoms. The second kappa shape index (κ2) is 8.39. The van der Waals surface area contributed by atoms with Crippen LogP contribution in [0.25, 0.3) is 0 Å². The maximum absolute atomic E-state index is 13.0. The van der Waals surface area contributed by atoms with E-state index in [4.69, 9.17) is 9.84 Å². The zero-order valence-electron chi connectivity index (χ0n) is 13.5. The molecule has 1 aromatic carbocycles. The lowest BCUT2D eigenvalue weighted by Gasteiger charge is -2.18. The number of halogens is 1. The van der Waals surface area contributed by atoms with Gasteiger partial charge in [-0.2, -0.15) is 0 Å². The van der Waals surface area contributed by atoms with Gasteiger partial charge in [0, 0.05) is 12.2 Å². The molecule has 2 unspecified atom stereocenters. The number of ether oxygens (including phenoxy) is 1. The average molecular weight is 350 g/mol. The van der Waals surface area contributed by atoms with Gasteiger partial charge in [0.05, 0.1) is 13.2 Å². The lowest BCUT2D eigenvalue weighted by molar-refractivity contribution is -0.145. The quantitative estimate of drug-likeness (QED) is 0.413. The Morgan fingerprint density at radius 1 is 1.44 bits per heavy atom. The first-order chi connectivity index (χ1) is 11.9. The Labute approximate surface area is 144 Å². The van der Waals surface area contributed by atoms with Crippen LogP contribution < -0.4 is 10.2 Å². The van der Waals surface area contributed by atoms with Crippen molar-refractivity contribution in [1.29, 1.82) is 0 Å². The number of hydrogen-bond acceptors (Lipinski definition) is 4. The molecule has 134 valence electrons. The van der Waals surface area contributed by atoms with E-state index < -0.39 is 35.6 Å². The van der Waals surface area contributed by atoms with Crippen molar-refractivity contribution in [3.05, 3.63) is 42.7 Å². The number of rotatable bonds is 8. The summed E-state index contributed by atoms with van der Waals surface area (Å²) in [6, 6.07) is 4.12. The summed E-state index contributed by atoms with van der Waals surface area (Å²) >= 11 is 0. The first kappa shape index (κ1) is 18.6. The number of hydrogen-bond donors (Lipinski definition) is 2. The highest BCUT2D eigenvalue weighted by molar-refractivity contribution is 6.10. The van der Waals surface area contributed by atoms with Crippen molar-refractivity contribution in [2.75, 3.05) is 24.7 Å². The smallest absolute Gasteiger partial charge is 0.328 e. The maximum Gasteiger partial charge on any atom is 0.328 e. The minimum atomic E-state index is -1.25. The van der Waals surface area contributed by atoms with E-state index in [0.29, 0.717) is 12.2 Å². The molecule has 0 aromatic heterocycles.